The van der Waals surface area contributed by atoms with Crippen molar-refractivity contribution in [2.24, 2.45) is 11.8 Å². The van der Waals surface area contributed by atoms with Crippen LogP contribution in [0.15, 0.2) is 0 Å². The molecule has 1 rings (SSSR count). The second-order valence-electron chi connectivity index (χ2n) is 3.00. The van der Waals surface area contributed by atoms with E-state index in [0.717, 1.165) is 19.4 Å². The van der Waals surface area contributed by atoms with Crippen molar-refractivity contribution in [1.82, 2.24) is 4.90 Å². The predicted octanol–water partition coefficient (Wildman–Crippen LogP) is 0.383. The van der Waals surface area contributed by atoms with E-state index in [0.29, 0.717) is 5.92 Å². The van der Waals surface area contributed by atoms with Gasteiger partial charge in [0.2, 0.25) is 0 Å². The summed E-state index contributed by atoms with van der Waals surface area (Å²) in [5.74, 6) is 0.850. The van der Waals surface area contributed by atoms with Crippen LogP contribution in [0.3, 0.4) is 0 Å². The zero-order valence-corrected chi connectivity index (χ0v) is 6.00. The van der Waals surface area contributed by atoms with E-state index in [4.69, 9.17) is 0 Å². The number of rotatable bonds is 1. The maximum absolute atomic E-state index is 10.3. The largest absolute Gasteiger partial charge is 0.305 e. The van der Waals surface area contributed by atoms with E-state index < -0.39 is 0 Å². The van der Waals surface area contributed by atoms with Crippen LogP contribution >= 0.6 is 0 Å². The first-order valence-electron chi connectivity index (χ1n) is 3.38. The Balaban J connectivity index is 2.47. The summed E-state index contributed by atoms with van der Waals surface area (Å²) in [6.45, 7) is 4.15. The van der Waals surface area contributed by atoms with E-state index in [1.165, 1.54) is 0 Å². The highest BCUT2D eigenvalue weighted by Crippen LogP contribution is 2.18. The van der Waals surface area contributed by atoms with Gasteiger partial charge in [0.25, 0.3) is 0 Å². The number of carbonyl (C=O) groups excluding carboxylic acids is 1. The molecule has 2 nitrogen and oxygen atoms in total. The Labute approximate surface area is 55.8 Å². The monoisotopic (exact) mass is 127 g/mol. The van der Waals surface area contributed by atoms with Crippen molar-refractivity contribution in [3.8, 4) is 0 Å². The molecule has 1 heterocycles. The first-order chi connectivity index (χ1) is 4.24. The van der Waals surface area contributed by atoms with Gasteiger partial charge in [-0.2, -0.15) is 0 Å². The Morgan fingerprint density at radius 1 is 1.56 bits per heavy atom. The van der Waals surface area contributed by atoms with Gasteiger partial charge >= 0.3 is 0 Å². The van der Waals surface area contributed by atoms with Crippen LogP contribution < -0.4 is 0 Å². The quantitative estimate of drug-likeness (QED) is 0.475. The average molecular weight is 127 g/mol. The van der Waals surface area contributed by atoms with E-state index in [-0.39, 0.29) is 5.92 Å². The van der Waals surface area contributed by atoms with Crippen LogP contribution in [0.4, 0.5) is 0 Å². The molecular formula is C7H13NO. The molecule has 2 heteroatoms. The number of likely N-dealkylation sites (tertiary alicyclic amines) is 1. The summed E-state index contributed by atoms with van der Waals surface area (Å²) in [5.41, 5.74) is 0. The maximum Gasteiger partial charge on any atom is 0.124 e. The molecule has 9 heavy (non-hydrogen) atoms. The highest BCUT2D eigenvalue weighted by molar-refractivity contribution is 5.55. The molecule has 0 N–H and O–H groups in total. The third kappa shape index (κ3) is 1.30. The lowest BCUT2D eigenvalue weighted by Crippen LogP contribution is -2.14. The second-order valence-corrected chi connectivity index (χ2v) is 3.00. The van der Waals surface area contributed by atoms with Gasteiger partial charge in [0, 0.05) is 19.0 Å². The minimum Gasteiger partial charge on any atom is -0.305 e. The Bertz CT molecular complexity index is 113. The number of hydrogen-bond acceptors (Lipinski definition) is 2. The Kier molecular flexibility index (Phi) is 1.86. The number of aldehydes is 1. The van der Waals surface area contributed by atoms with Crippen molar-refractivity contribution in [3.63, 3.8) is 0 Å². The molecule has 1 saturated heterocycles. The van der Waals surface area contributed by atoms with Gasteiger partial charge < -0.3 is 9.69 Å². The smallest absolute Gasteiger partial charge is 0.124 e. The lowest BCUT2D eigenvalue weighted by atomic mass is 10.0. The van der Waals surface area contributed by atoms with Crippen LogP contribution in [0.1, 0.15) is 6.92 Å². The van der Waals surface area contributed by atoms with Gasteiger partial charge in [-0.15, -0.1) is 0 Å². The van der Waals surface area contributed by atoms with Crippen LogP contribution in [0.5, 0.6) is 0 Å². The van der Waals surface area contributed by atoms with Gasteiger partial charge in [-0.25, -0.2) is 0 Å². The Morgan fingerprint density at radius 2 is 2.22 bits per heavy atom. The number of nitrogens with zero attached hydrogens (tertiary/aromatic N) is 1. The summed E-state index contributed by atoms with van der Waals surface area (Å²) in [4.78, 5) is 12.5. The molecule has 1 aliphatic heterocycles. The molecule has 2 atom stereocenters. The van der Waals surface area contributed by atoms with Gasteiger partial charge in [0.15, 0.2) is 0 Å². The lowest BCUT2D eigenvalue weighted by molar-refractivity contribution is -0.111. The molecule has 1 fully saturated rings. The third-order valence-corrected chi connectivity index (χ3v) is 2.03. The van der Waals surface area contributed by atoms with Crippen LogP contribution in [0, 0.1) is 11.8 Å². The molecule has 0 aromatic rings. The van der Waals surface area contributed by atoms with Gasteiger partial charge in [0.05, 0.1) is 0 Å². The van der Waals surface area contributed by atoms with Crippen molar-refractivity contribution in [3.05, 3.63) is 0 Å². The van der Waals surface area contributed by atoms with Gasteiger partial charge in [-0.05, 0) is 13.0 Å². The number of hydrogen-bond donors (Lipinski definition) is 0. The van der Waals surface area contributed by atoms with Gasteiger partial charge in [-0.1, -0.05) is 6.92 Å². The fourth-order valence-corrected chi connectivity index (χ4v) is 1.42. The summed E-state index contributed by atoms with van der Waals surface area (Å²) >= 11 is 0. The Hall–Kier alpha value is -0.370. The maximum atomic E-state index is 10.3. The molecule has 0 aromatic heterocycles. The molecule has 0 radical (unpaired) electrons. The van der Waals surface area contributed by atoms with Crippen molar-refractivity contribution < 1.29 is 4.79 Å². The third-order valence-electron chi connectivity index (χ3n) is 2.03. The molecule has 1 aliphatic rings. The Morgan fingerprint density at radius 3 is 2.44 bits per heavy atom. The van der Waals surface area contributed by atoms with E-state index in [9.17, 15) is 4.79 Å². The first kappa shape index (κ1) is 6.75. The molecule has 0 aromatic carbocycles. The van der Waals surface area contributed by atoms with Crippen molar-refractivity contribution in [2.75, 3.05) is 20.1 Å². The normalized spacial score (nSPS) is 37.1. The van der Waals surface area contributed by atoms with Gasteiger partial charge in [-0.3, -0.25) is 0 Å². The van der Waals surface area contributed by atoms with Crippen LogP contribution in [-0.4, -0.2) is 31.3 Å². The minimum absolute atomic E-state index is 0.287. The molecule has 0 aliphatic carbocycles. The highest BCUT2D eigenvalue weighted by Gasteiger charge is 2.26. The average Bonchev–Trinajstić information content (AvgIpc) is 2.10. The molecule has 1 unspecified atom stereocenters. The summed E-state index contributed by atoms with van der Waals surface area (Å²) in [6.07, 6.45) is 1.08. The molecule has 0 bridgehead atoms. The molecule has 0 saturated carbocycles. The SMILES string of the molecule is CC1CN(C)C[C@@H]1C=O. The second kappa shape index (κ2) is 2.48. The summed E-state index contributed by atoms with van der Waals surface area (Å²) in [6, 6.07) is 0. The fraction of sp³-hybridized carbons (Fsp3) is 0.857. The molecule has 0 amide bonds. The standard InChI is InChI=1S/C7H13NO/c1-6-3-8(2)4-7(6)5-9/h5-7H,3-4H2,1-2H3/t6?,7-/m1/s1. The highest BCUT2D eigenvalue weighted by atomic mass is 16.1. The van der Waals surface area contributed by atoms with Gasteiger partial charge in [0.1, 0.15) is 6.29 Å². The van der Waals surface area contributed by atoms with E-state index in [1.807, 2.05) is 0 Å². The van der Waals surface area contributed by atoms with E-state index >= 15 is 0 Å². The van der Waals surface area contributed by atoms with Crippen molar-refractivity contribution >= 4 is 6.29 Å². The summed E-state index contributed by atoms with van der Waals surface area (Å²) in [7, 11) is 2.06. The topological polar surface area (TPSA) is 20.3 Å². The molecule has 52 valence electrons. The fourth-order valence-electron chi connectivity index (χ4n) is 1.42. The van der Waals surface area contributed by atoms with E-state index in [1.54, 1.807) is 0 Å². The summed E-state index contributed by atoms with van der Waals surface area (Å²) < 4.78 is 0. The van der Waals surface area contributed by atoms with Crippen LogP contribution in [0.2, 0.25) is 0 Å². The summed E-state index contributed by atoms with van der Waals surface area (Å²) in [5, 5.41) is 0. The van der Waals surface area contributed by atoms with Crippen molar-refractivity contribution in [1.29, 1.82) is 0 Å². The van der Waals surface area contributed by atoms with Crippen LogP contribution in [-0.2, 0) is 4.79 Å². The zero-order chi connectivity index (χ0) is 6.85. The predicted molar refractivity (Wildman–Crippen MR) is 36.2 cm³/mol. The number of carbonyl (C=O) groups is 1. The molecular weight excluding hydrogens is 114 g/mol. The lowest BCUT2D eigenvalue weighted by Gasteiger charge is -2.03. The van der Waals surface area contributed by atoms with Crippen molar-refractivity contribution in [2.45, 2.75) is 6.92 Å². The first-order valence-corrected chi connectivity index (χ1v) is 3.38. The van der Waals surface area contributed by atoms with Crippen LogP contribution in [0.25, 0.3) is 0 Å². The minimum atomic E-state index is 0.287. The molecule has 0 spiro atoms. The van der Waals surface area contributed by atoms with E-state index in [2.05, 4.69) is 18.9 Å². The zero-order valence-electron chi connectivity index (χ0n) is 6.00.